The van der Waals surface area contributed by atoms with E-state index in [9.17, 15) is 4.79 Å². The first-order chi connectivity index (χ1) is 13.7. The summed E-state index contributed by atoms with van der Waals surface area (Å²) < 4.78 is 12.3. The van der Waals surface area contributed by atoms with Gasteiger partial charge in [-0.15, -0.1) is 0 Å². The molecule has 0 saturated carbocycles. The van der Waals surface area contributed by atoms with E-state index in [-0.39, 0.29) is 5.91 Å². The quantitative estimate of drug-likeness (QED) is 0.505. The zero-order valence-electron chi connectivity index (χ0n) is 15.4. The lowest BCUT2D eigenvalue weighted by molar-refractivity contribution is 0.0978. The Kier molecular flexibility index (Phi) is 4.93. The predicted molar refractivity (Wildman–Crippen MR) is 106 cm³/mol. The maximum absolute atomic E-state index is 13.2. The number of nitrogens with zero attached hydrogens (tertiary/aromatic N) is 3. The Bertz CT molecular complexity index is 1040. The fraction of sp³-hybridized carbons (Fsp3) is 0.0909. The molecule has 2 aromatic carbocycles. The summed E-state index contributed by atoms with van der Waals surface area (Å²) in [5.74, 6) is 1.27. The van der Waals surface area contributed by atoms with Crippen LogP contribution in [-0.4, -0.2) is 22.8 Å². The molecule has 140 valence electrons. The SMILES string of the molecule is COc1ccc(-n2ccc(C(=O)N(Cc3ccco3)c3ccccc3)n2)cc1. The lowest BCUT2D eigenvalue weighted by Gasteiger charge is -2.20. The summed E-state index contributed by atoms with van der Waals surface area (Å²) in [5.41, 5.74) is 1.98. The molecule has 0 unspecified atom stereocenters. The van der Waals surface area contributed by atoms with E-state index < -0.39 is 0 Å². The van der Waals surface area contributed by atoms with Crippen LogP contribution in [0.5, 0.6) is 5.75 Å². The van der Waals surface area contributed by atoms with Crippen molar-refractivity contribution in [2.24, 2.45) is 0 Å². The van der Waals surface area contributed by atoms with Crippen molar-refractivity contribution in [3.05, 3.63) is 96.7 Å². The highest BCUT2D eigenvalue weighted by molar-refractivity contribution is 6.04. The Morgan fingerprint density at radius 1 is 1.04 bits per heavy atom. The lowest BCUT2D eigenvalue weighted by atomic mass is 10.2. The van der Waals surface area contributed by atoms with Gasteiger partial charge in [-0.25, -0.2) is 4.68 Å². The number of aromatic nitrogens is 2. The van der Waals surface area contributed by atoms with Crippen molar-refractivity contribution >= 4 is 11.6 Å². The number of para-hydroxylation sites is 1. The summed E-state index contributed by atoms with van der Waals surface area (Å²) in [6.45, 7) is 0.325. The van der Waals surface area contributed by atoms with Crippen LogP contribution >= 0.6 is 0 Å². The minimum absolute atomic E-state index is 0.199. The molecule has 0 aliphatic rings. The second-order valence-corrected chi connectivity index (χ2v) is 6.15. The van der Waals surface area contributed by atoms with E-state index in [0.29, 0.717) is 18.0 Å². The summed E-state index contributed by atoms with van der Waals surface area (Å²) in [7, 11) is 1.62. The molecule has 0 bridgehead atoms. The van der Waals surface area contributed by atoms with E-state index in [0.717, 1.165) is 17.1 Å². The Balaban J connectivity index is 1.62. The van der Waals surface area contributed by atoms with Crippen LogP contribution in [-0.2, 0) is 6.54 Å². The van der Waals surface area contributed by atoms with Gasteiger partial charge in [-0.3, -0.25) is 9.69 Å². The van der Waals surface area contributed by atoms with Crippen molar-refractivity contribution in [2.45, 2.75) is 6.54 Å². The van der Waals surface area contributed by atoms with E-state index in [2.05, 4.69) is 5.10 Å². The maximum Gasteiger partial charge on any atom is 0.279 e. The molecule has 0 saturated heterocycles. The van der Waals surface area contributed by atoms with Crippen LogP contribution in [0.15, 0.2) is 89.7 Å². The van der Waals surface area contributed by atoms with E-state index in [1.54, 1.807) is 41.3 Å². The van der Waals surface area contributed by atoms with Crippen molar-refractivity contribution in [1.29, 1.82) is 0 Å². The number of hydrogen-bond acceptors (Lipinski definition) is 4. The van der Waals surface area contributed by atoms with Crippen LogP contribution in [0.1, 0.15) is 16.2 Å². The predicted octanol–water partition coefficient (Wildman–Crippen LogP) is 4.32. The minimum Gasteiger partial charge on any atom is -0.497 e. The summed E-state index contributed by atoms with van der Waals surface area (Å²) >= 11 is 0. The second kappa shape index (κ2) is 7.84. The van der Waals surface area contributed by atoms with Gasteiger partial charge in [0.05, 0.1) is 25.6 Å². The van der Waals surface area contributed by atoms with Crippen molar-refractivity contribution in [2.75, 3.05) is 12.0 Å². The first kappa shape index (κ1) is 17.6. The number of ether oxygens (including phenoxy) is 1. The van der Waals surface area contributed by atoms with Crippen molar-refractivity contribution in [1.82, 2.24) is 9.78 Å². The van der Waals surface area contributed by atoms with Gasteiger partial charge in [-0.2, -0.15) is 5.10 Å². The second-order valence-electron chi connectivity index (χ2n) is 6.15. The molecular formula is C22H19N3O3. The Hall–Kier alpha value is -3.80. The number of hydrogen-bond donors (Lipinski definition) is 0. The summed E-state index contributed by atoms with van der Waals surface area (Å²) in [5, 5.41) is 4.47. The molecule has 6 nitrogen and oxygen atoms in total. The Morgan fingerprint density at radius 2 is 1.82 bits per heavy atom. The van der Waals surface area contributed by atoms with E-state index in [4.69, 9.17) is 9.15 Å². The number of carbonyl (C=O) groups excluding carboxylic acids is 1. The molecule has 0 aliphatic heterocycles. The topological polar surface area (TPSA) is 60.5 Å². The summed E-state index contributed by atoms with van der Waals surface area (Å²) in [6.07, 6.45) is 3.37. The minimum atomic E-state index is -0.199. The van der Waals surface area contributed by atoms with E-state index >= 15 is 0 Å². The molecule has 28 heavy (non-hydrogen) atoms. The largest absolute Gasteiger partial charge is 0.497 e. The molecule has 2 heterocycles. The number of amides is 1. The third-order valence-corrected chi connectivity index (χ3v) is 4.35. The van der Waals surface area contributed by atoms with Gasteiger partial charge in [0.2, 0.25) is 0 Å². The fourth-order valence-corrected chi connectivity index (χ4v) is 2.90. The molecular weight excluding hydrogens is 354 g/mol. The zero-order chi connectivity index (χ0) is 19.3. The summed E-state index contributed by atoms with van der Waals surface area (Å²) in [4.78, 5) is 14.9. The molecule has 0 atom stereocenters. The molecule has 2 aromatic heterocycles. The molecule has 0 aliphatic carbocycles. The van der Waals surface area contributed by atoms with Crippen LogP contribution < -0.4 is 9.64 Å². The van der Waals surface area contributed by atoms with Crippen LogP contribution in [0.4, 0.5) is 5.69 Å². The van der Waals surface area contributed by atoms with Gasteiger partial charge in [0, 0.05) is 11.9 Å². The fourth-order valence-electron chi connectivity index (χ4n) is 2.90. The molecule has 4 aromatic rings. The number of anilines is 1. The Morgan fingerprint density at radius 3 is 2.50 bits per heavy atom. The van der Waals surface area contributed by atoms with Crippen molar-refractivity contribution in [3.8, 4) is 11.4 Å². The van der Waals surface area contributed by atoms with Gasteiger partial charge in [0.25, 0.3) is 5.91 Å². The van der Waals surface area contributed by atoms with Gasteiger partial charge in [0.15, 0.2) is 5.69 Å². The first-order valence-electron chi connectivity index (χ1n) is 8.84. The number of methoxy groups -OCH3 is 1. The highest BCUT2D eigenvalue weighted by Gasteiger charge is 2.21. The summed E-state index contributed by atoms with van der Waals surface area (Å²) in [6, 6.07) is 22.3. The van der Waals surface area contributed by atoms with Gasteiger partial charge in [-0.1, -0.05) is 18.2 Å². The lowest BCUT2D eigenvalue weighted by Crippen LogP contribution is -2.30. The standard InChI is InChI=1S/C22H19N3O3/c1-27-19-11-9-18(10-12-19)25-14-13-21(23-25)22(26)24(16-20-8-5-15-28-20)17-6-3-2-4-7-17/h2-15H,16H2,1H3. The monoisotopic (exact) mass is 373 g/mol. The van der Waals surface area contributed by atoms with Crippen LogP contribution in [0.3, 0.4) is 0 Å². The average molecular weight is 373 g/mol. The highest BCUT2D eigenvalue weighted by Crippen LogP contribution is 2.21. The zero-order valence-corrected chi connectivity index (χ0v) is 15.4. The normalized spacial score (nSPS) is 10.6. The van der Waals surface area contributed by atoms with Gasteiger partial charge < -0.3 is 9.15 Å². The molecule has 0 spiro atoms. The highest BCUT2D eigenvalue weighted by atomic mass is 16.5. The number of carbonyl (C=O) groups is 1. The van der Waals surface area contributed by atoms with E-state index in [1.807, 2.05) is 60.7 Å². The third kappa shape index (κ3) is 3.66. The number of furan rings is 1. The first-order valence-corrected chi connectivity index (χ1v) is 8.84. The van der Waals surface area contributed by atoms with Crippen LogP contribution in [0, 0.1) is 0 Å². The maximum atomic E-state index is 13.2. The van der Waals surface area contributed by atoms with Gasteiger partial charge >= 0.3 is 0 Å². The Labute approximate surface area is 162 Å². The van der Waals surface area contributed by atoms with Crippen LogP contribution in [0.2, 0.25) is 0 Å². The molecule has 0 radical (unpaired) electrons. The molecule has 6 heteroatoms. The third-order valence-electron chi connectivity index (χ3n) is 4.35. The van der Waals surface area contributed by atoms with Gasteiger partial charge in [-0.05, 0) is 54.6 Å². The van der Waals surface area contributed by atoms with Crippen molar-refractivity contribution < 1.29 is 13.9 Å². The smallest absolute Gasteiger partial charge is 0.279 e. The molecule has 0 fully saturated rings. The van der Waals surface area contributed by atoms with E-state index in [1.165, 1.54) is 0 Å². The van der Waals surface area contributed by atoms with Crippen LogP contribution in [0.25, 0.3) is 5.69 Å². The molecule has 1 amide bonds. The number of benzene rings is 2. The van der Waals surface area contributed by atoms with Gasteiger partial charge in [0.1, 0.15) is 11.5 Å². The molecule has 0 N–H and O–H groups in total. The number of rotatable bonds is 6. The molecule has 4 rings (SSSR count). The van der Waals surface area contributed by atoms with Crippen molar-refractivity contribution in [3.63, 3.8) is 0 Å². The average Bonchev–Trinajstić information content (AvgIpc) is 3.44.